The van der Waals surface area contributed by atoms with Crippen LogP contribution in [-0.2, 0) is 10.2 Å². The maximum absolute atomic E-state index is 11.9. The number of nitrogens with two attached hydrogens (primary N) is 1. The van der Waals surface area contributed by atoms with Crippen molar-refractivity contribution in [3.05, 3.63) is 17.8 Å². The molecule has 104 valence electrons. The summed E-state index contributed by atoms with van der Waals surface area (Å²) in [6.45, 7) is 4.27. The highest BCUT2D eigenvalue weighted by molar-refractivity contribution is 7.87. The SMILES string of the molecule is Cc1cnc(C(C)NS(=O)(=O)N(C)CCCN)o1. The largest absolute Gasteiger partial charge is 0.444 e. The first-order valence-corrected chi connectivity index (χ1v) is 7.17. The van der Waals surface area contributed by atoms with Crippen molar-refractivity contribution in [2.24, 2.45) is 5.73 Å². The molecule has 0 fully saturated rings. The zero-order chi connectivity index (χ0) is 13.8. The summed E-state index contributed by atoms with van der Waals surface area (Å²) < 4.78 is 32.9. The van der Waals surface area contributed by atoms with Crippen molar-refractivity contribution in [1.82, 2.24) is 14.0 Å². The molecule has 0 amide bonds. The molecule has 7 nitrogen and oxygen atoms in total. The molecule has 0 aliphatic rings. The zero-order valence-corrected chi connectivity index (χ0v) is 11.7. The Morgan fingerprint density at radius 2 is 2.28 bits per heavy atom. The first-order chi connectivity index (χ1) is 8.36. The molecule has 1 aromatic heterocycles. The van der Waals surface area contributed by atoms with Crippen LogP contribution in [0.3, 0.4) is 0 Å². The third-order valence-corrected chi connectivity index (χ3v) is 4.08. The average molecular weight is 276 g/mol. The van der Waals surface area contributed by atoms with E-state index in [1.807, 2.05) is 0 Å². The van der Waals surface area contributed by atoms with Crippen LogP contribution in [0.2, 0.25) is 0 Å². The Morgan fingerprint density at radius 3 is 2.78 bits per heavy atom. The highest BCUT2D eigenvalue weighted by atomic mass is 32.2. The summed E-state index contributed by atoms with van der Waals surface area (Å²) in [6, 6.07) is -0.510. The molecule has 1 rings (SSSR count). The molecule has 1 heterocycles. The van der Waals surface area contributed by atoms with E-state index in [-0.39, 0.29) is 0 Å². The van der Waals surface area contributed by atoms with Gasteiger partial charge >= 0.3 is 0 Å². The van der Waals surface area contributed by atoms with E-state index in [0.717, 1.165) is 0 Å². The Hall–Kier alpha value is -0.960. The number of nitrogens with zero attached hydrogens (tertiary/aromatic N) is 2. The van der Waals surface area contributed by atoms with E-state index in [1.54, 1.807) is 20.0 Å². The number of hydrogen-bond acceptors (Lipinski definition) is 5. The summed E-state index contributed by atoms with van der Waals surface area (Å²) in [4.78, 5) is 3.99. The van der Waals surface area contributed by atoms with Crippen molar-refractivity contribution in [2.75, 3.05) is 20.1 Å². The Kier molecular flexibility index (Phi) is 5.27. The van der Waals surface area contributed by atoms with Crippen molar-refractivity contribution < 1.29 is 12.8 Å². The monoisotopic (exact) mass is 276 g/mol. The summed E-state index contributed by atoms with van der Waals surface area (Å²) in [5.74, 6) is 0.996. The number of rotatable bonds is 7. The molecule has 0 aromatic carbocycles. The second-order valence-corrected chi connectivity index (χ2v) is 5.93. The van der Waals surface area contributed by atoms with E-state index in [9.17, 15) is 8.42 Å². The third kappa shape index (κ3) is 4.05. The van der Waals surface area contributed by atoms with Crippen LogP contribution in [0.5, 0.6) is 0 Å². The number of hydrogen-bond donors (Lipinski definition) is 2. The van der Waals surface area contributed by atoms with Crippen molar-refractivity contribution in [3.8, 4) is 0 Å². The predicted molar refractivity (Wildman–Crippen MR) is 68.0 cm³/mol. The van der Waals surface area contributed by atoms with Crippen LogP contribution in [-0.4, -0.2) is 37.8 Å². The minimum absolute atomic E-state index is 0.350. The summed E-state index contributed by atoms with van der Waals surface area (Å²) in [5.41, 5.74) is 5.35. The second kappa shape index (κ2) is 6.28. The fourth-order valence-electron chi connectivity index (χ4n) is 1.37. The van der Waals surface area contributed by atoms with E-state index < -0.39 is 16.3 Å². The minimum Gasteiger partial charge on any atom is -0.444 e. The van der Waals surface area contributed by atoms with Crippen LogP contribution in [0.25, 0.3) is 0 Å². The van der Waals surface area contributed by atoms with Crippen LogP contribution in [0.1, 0.15) is 31.0 Å². The summed E-state index contributed by atoms with van der Waals surface area (Å²) in [7, 11) is -2.04. The molecule has 0 aliphatic heterocycles. The summed E-state index contributed by atoms with van der Waals surface area (Å²) in [5, 5.41) is 0. The van der Waals surface area contributed by atoms with Gasteiger partial charge in [-0.2, -0.15) is 17.4 Å². The number of oxazole rings is 1. The van der Waals surface area contributed by atoms with Gasteiger partial charge in [0, 0.05) is 13.6 Å². The lowest BCUT2D eigenvalue weighted by atomic mass is 10.4. The van der Waals surface area contributed by atoms with Gasteiger partial charge in [0.1, 0.15) is 5.76 Å². The van der Waals surface area contributed by atoms with Gasteiger partial charge in [-0.15, -0.1) is 0 Å². The van der Waals surface area contributed by atoms with Gasteiger partial charge in [0.25, 0.3) is 10.2 Å². The average Bonchev–Trinajstić information content (AvgIpc) is 2.72. The summed E-state index contributed by atoms with van der Waals surface area (Å²) in [6.07, 6.45) is 2.17. The minimum atomic E-state index is -3.54. The first-order valence-electron chi connectivity index (χ1n) is 5.73. The molecular weight excluding hydrogens is 256 g/mol. The Morgan fingerprint density at radius 1 is 1.61 bits per heavy atom. The molecule has 0 bridgehead atoms. The van der Waals surface area contributed by atoms with Crippen LogP contribution >= 0.6 is 0 Å². The maximum atomic E-state index is 11.9. The topological polar surface area (TPSA) is 101 Å². The molecule has 0 aliphatic carbocycles. The van der Waals surface area contributed by atoms with Crippen molar-refractivity contribution >= 4 is 10.2 Å². The fraction of sp³-hybridized carbons (Fsp3) is 0.700. The molecule has 1 atom stereocenters. The van der Waals surface area contributed by atoms with Gasteiger partial charge in [-0.25, -0.2) is 4.98 Å². The van der Waals surface area contributed by atoms with E-state index in [1.165, 1.54) is 11.4 Å². The first kappa shape index (κ1) is 15.1. The van der Waals surface area contributed by atoms with Crippen LogP contribution in [0.4, 0.5) is 0 Å². The smallest absolute Gasteiger partial charge is 0.279 e. The Bertz CT molecular complexity index is 471. The number of aryl methyl sites for hydroxylation is 1. The van der Waals surface area contributed by atoms with Gasteiger partial charge in [0.15, 0.2) is 0 Å². The van der Waals surface area contributed by atoms with Crippen molar-refractivity contribution in [1.29, 1.82) is 0 Å². The zero-order valence-electron chi connectivity index (χ0n) is 10.9. The summed E-state index contributed by atoms with van der Waals surface area (Å²) >= 11 is 0. The van der Waals surface area contributed by atoms with Gasteiger partial charge in [-0.05, 0) is 26.8 Å². The van der Waals surface area contributed by atoms with Crippen LogP contribution in [0, 0.1) is 6.92 Å². The fourth-order valence-corrected chi connectivity index (χ4v) is 2.47. The van der Waals surface area contributed by atoms with Gasteiger partial charge in [0.05, 0.1) is 12.2 Å². The Labute approximate surface area is 108 Å². The molecular formula is C10H20N4O3S. The predicted octanol–water partition coefficient (Wildman–Crippen LogP) is 0.159. The molecule has 3 N–H and O–H groups in total. The molecule has 0 radical (unpaired) electrons. The van der Waals surface area contributed by atoms with Crippen molar-refractivity contribution in [2.45, 2.75) is 26.3 Å². The molecule has 8 heteroatoms. The third-order valence-electron chi connectivity index (χ3n) is 2.42. The highest BCUT2D eigenvalue weighted by Crippen LogP contribution is 2.13. The molecule has 0 saturated carbocycles. The highest BCUT2D eigenvalue weighted by Gasteiger charge is 2.22. The van der Waals surface area contributed by atoms with Gasteiger partial charge in [0.2, 0.25) is 5.89 Å². The lowest BCUT2D eigenvalue weighted by molar-refractivity contribution is 0.408. The van der Waals surface area contributed by atoms with E-state index in [4.69, 9.17) is 10.2 Å². The lowest BCUT2D eigenvalue weighted by Crippen LogP contribution is -2.40. The second-order valence-electron chi connectivity index (χ2n) is 4.12. The number of nitrogens with one attached hydrogen (secondary N) is 1. The van der Waals surface area contributed by atoms with Gasteiger partial charge in [-0.3, -0.25) is 0 Å². The maximum Gasteiger partial charge on any atom is 0.279 e. The molecule has 1 aromatic rings. The lowest BCUT2D eigenvalue weighted by Gasteiger charge is -2.19. The van der Waals surface area contributed by atoms with E-state index in [0.29, 0.717) is 31.2 Å². The standard InChI is InChI=1S/C10H20N4O3S/c1-8-7-12-10(17-8)9(2)13-18(15,16)14(3)6-4-5-11/h7,9,13H,4-6,11H2,1-3H3. The van der Waals surface area contributed by atoms with E-state index >= 15 is 0 Å². The number of aromatic nitrogens is 1. The molecule has 1 unspecified atom stereocenters. The molecule has 18 heavy (non-hydrogen) atoms. The van der Waals surface area contributed by atoms with E-state index in [2.05, 4.69) is 9.71 Å². The normalized spacial score (nSPS) is 14.1. The quantitative estimate of drug-likeness (QED) is 0.738. The van der Waals surface area contributed by atoms with Crippen LogP contribution < -0.4 is 10.5 Å². The molecule has 0 spiro atoms. The van der Waals surface area contributed by atoms with Crippen LogP contribution in [0.15, 0.2) is 10.6 Å². The van der Waals surface area contributed by atoms with Crippen molar-refractivity contribution in [3.63, 3.8) is 0 Å². The van der Waals surface area contributed by atoms with Gasteiger partial charge in [-0.1, -0.05) is 0 Å². The van der Waals surface area contributed by atoms with Gasteiger partial charge < -0.3 is 10.2 Å². The Balaban J connectivity index is 2.65. The molecule has 0 saturated heterocycles.